The van der Waals surface area contributed by atoms with Gasteiger partial charge in [0.15, 0.2) is 48.0 Å². The van der Waals surface area contributed by atoms with Gasteiger partial charge in [-0.25, -0.2) is 4.79 Å². The Bertz CT molecular complexity index is 1720. The number of carbonyl (C=O) groups is 2. The highest BCUT2D eigenvalue weighted by Crippen LogP contribution is 2.36. The average Bonchev–Trinajstić information content (AvgIpc) is 3.18. The van der Waals surface area contributed by atoms with E-state index in [9.17, 15) is 65.8 Å². The van der Waals surface area contributed by atoms with Gasteiger partial charge in [-0.2, -0.15) is 0 Å². The molecule has 15 atom stereocenters. The minimum absolute atomic E-state index is 0.0582. The normalized spacial score (nSPS) is 35.4. The molecule has 3 saturated heterocycles. The molecule has 0 amide bonds. The van der Waals surface area contributed by atoms with E-state index >= 15 is 0 Å². The number of aliphatic hydroxyl groups is 7. The van der Waals surface area contributed by atoms with Crippen LogP contribution in [0.4, 0.5) is 0 Å². The molecule has 21 heteroatoms. The van der Waals surface area contributed by atoms with E-state index in [-0.39, 0.29) is 24.3 Å². The van der Waals surface area contributed by atoms with E-state index in [0.29, 0.717) is 5.56 Å². The molecule has 0 bridgehead atoms. The number of phenols is 4. The molecule has 3 aliphatic rings. The zero-order valence-corrected chi connectivity index (χ0v) is 31.1. The molecule has 0 spiro atoms. The van der Waals surface area contributed by atoms with Crippen LogP contribution < -0.4 is 0 Å². The number of aromatic hydroxyl groups is 4. The van der Waals surface area contributed by atoms with Crippen molar-refractivity contribution in [3.63, 3.8) is 0 Å². The summed E-state index contributed by atoms with van der Waals surface area (Å²) in [6.45, 7) is 0.726. The maximum Gasteiger partial charge on any atom is 0.331 e. The van der Waals surface area contributed by atoms with E-state index in [4.69, 9.17) is 37.9 Å². The third-order valence-corrected chi connectivity index (χ3v) is 9.66. The van der Waals surface area contributed by atoms with Gasteiger partial charge in [0.2, 0.25) is 0 Å². The number of ether oxygens (including phenoxy) is 8. The minimum atomic E-state index is -2.00. The first-order chi connectivity index (χ1) is 27.5. The number of hydrogen-bond donors (Lipinski definition) is 11. The number of benzene rings is 2. The Balaban J connectivity index is 1.55. The molecule has 3 aliphatic heterocycles. The van der Waals surface area contributed by atoms with Crippen molar-refractivity contribution in [1.29, 1.82) is 0 Å². The van der Waals surface area contributed by atoms with E-state index < -0.39 is 135 Å². The minimum Gasteiger partial charge on any atom is -0.504 e. The van der Waals surface area contributed by atoms with Crippen molar-refractivity contribution < 1.29 is 104 Å². The van der Waals surface area contributed by atoms with Crippen LogP contribution >= 0.6 is 0 Å². The van der Waals surface area contributed by atoms with Crippen LogP contribution in [0.1, 0.15) is 25.0 Å². The van der Waals surface area contributed by atoms with Gasteiger partial charge >= 0.3 is 11.9 Å². The maximum absolute atomic E-state index is 13.5. The van der Waals surface area contributed by atoms with Crippen molar-refractivity contribution in [2.24, 2.45) is 0 Å². The van der Waals surface area contributed by atoms with Crippen LogP contribution in [-0.2, 0) is 53.9 Å². The van der Waals surface area contributed by atoms with Gasteiger partial charge in [0.1, 0.15) is 67.6 Å². The van der Waals surface area contributed by atoms with Crippen LogP contribution in [0.15, 0.2) is 42.5 Å². The standard InChI is InChI=1S/C37H48O21/c1-15-26(45)28(47)30(49)35(53-15)57-33-32(56-25(44)8-5-17-3-6-19(40)21(42)11-17)24(14-52-16(2)39)55-37(51-10-9-18-4-7-20(41)22(43)12-18)34(33)58-36-31(50)29(48)27(46)23(13-38)54-36/h3-8,11-12,15,23-24,26-38,40-43,45-50H,9-10,13-14H2,1-2H3/t15-,23+,24+,26-,27+,28+,29-,30+,31+,32+,33-,34+,35-,36-,37+/m0/s1. The number of hydrogen-bond acceptors (Lipinski definition) is 21. The Morgan fingerprint density at radius 1 is 0.690 bits per heavy atom. The summed E-state index contributed by atoms with van der Waals surface area (Å²) in [5.41, 5.74) is 0.721. The van der Waals surface area contributed by atoms with Gasteiger partial charge in [0, 0.05) is 13.0 Å². The fourth-order valence-corrected chi connectivity index (χ4v) is 6.40. The van der Waals surface area contributed by atoms with Crippen molar-refractivity contribution in [1.82, 2.24) is 0 Å². The molecule has 3 heterocycles. The molecule has 21 nitrogen and oxygen atoms in total. The smallest absolute Gasteiger partial charge is 0.331 e. The van der Waals surface area contributed by atoms with E-state index in [1.165, 1.54) is 43.3 Å². The predicted octanol–water partition coefficient (Wildman–Crippen LogP) is -2.62. The first kappa shape index (κ1) is 44.9. The van der Waals surface area contributed by atoms with Gasteiger partial charge in [0.25, 0.3) is 0 Å². The second-order valence-electron chi connectivity index (χ2n) is 13.9. The Morgan fingerprint density at radius 3 is 1.93 bits per heavy atom. The highest BCUT2D eigenvalue weighted by Gasteiger charge is 2.56. The van der Waals surface area contributed by atoms with Crippen LogP contribution in [0.3, 0.4) is 0 Å². The second kappa shape index (κ2) is 19.7. The average molecular weight is 829 g/mol. The largest absolute Gasteiger partial charge is 0.504 e. The molecule has 2 aromatic rings. The number of aliphatic hydroxyl groups excluding tert-OH is 7. The van der Waals surface area contributed by atoms with Crippen molar-refractivity contribution >= 4 is 18.0 Å². The van der Waals surface area contributed by atoms with Crippen molar-refractivity contribution in [2.75, 3.05) is 19.8 Å². The van der Waals surface area contributed by atoms with Gasteiger partial charge in [-0.1, -0.05) is 12.1 Å². The SMILES string of the molecule is CC(=O)OC[C@H]1O[C@@H](OCCc2ccc(O)c(O)c2)[C@H](O[C@@H]2O[C@H](CO)[C@@H](O)[C@H](O)[C@H]2O)[C@@H](O[C@@H]2O[C@@H](C)[C@H](O)[C@@H](O)[C@H]2O)[C@@H]1OC(=O)C=Cc1ccc(O)c(O)c1. The molecule has 322 valence electrons. The first-order valence-electron chi connectivity index (χ1n) is 18.1. The maximum atomic E-state index is 13.5. The lowest BCUT2D eigenvalue weighted by Crippen LogP contribution is -2.67. The molecule has 0 unspecified atom stereocenters. The van der Waals surface area contributed by atoms with Gasteiger partial charge in [0.05, 0.1) is 19.3 Å². The molecule has 11 N–H and O–H groups in total. The van der Waals surface area contributed by atoms with E-state index in [2.05, 4.69) is 0 Å². The topological polar surface area (TPSA) is 331 Å². The zero-order valence-electron chi connectivity index (χ0n) is 31.1. The third-order valence-electron chi connectivity index (χ3n) is 9.66. The third kappa shape index (κ3) is 10.7. The molecule has 2 aromatic carbocycles. The molecule has 0 aliphatic carbocycles. The molecular weight excluding hydrogens is 780 g/mol. The fourth-order valence-electron chi connectivity index (χ4n) is 6.40. The van der Waals surface area contributed by atoms with Crippen LogP contribution in [0, 0.1) is 0 Å². The molecule has 0 saturated carbocycles. The number of carbonyl (C=O) groups excluding carboxylic acids is 2. The van der Waals surface area contributed by atoms with Crippen LogP contribution in [0.25, 0.3) is 6.08 Å². The van der Waals surface area contributed by atoms with Crippen LogP contribution in [0.2, 0.25) is 0 Å². The number of phenolic OH excluding ortho intramolecular Hbond substituents is 4. The highest BCUT2D eigenvalue weighted by atomic mass is 16.8. The Kier molecular flexibility index (Phi) is 15.2. The van der Waals surface area contributed by atoms with Gasteiger partial charge < -0.3 is 94.1 Å². The summed E-state index contributed by atoms with van der Waals surface area (Å²) >= 11 is 0. The van der Waals surface area contributed by atoms with E-state index in [1.807, 2.05) is 0 Å². The number of rotatable bonds is 14. The van der Waals surface area contributed by atoms with E-state index in [1.54, 1.807) is 0 Å². The first-order valence-corrected chi connectivity index (χ1v) is 18.1. The highest BCUT2D eigenvalue weighted by molar-refractivity contribution is 5.87. The molecular formula is C37H48O21. The van der Waals surface area contributed by atoms with Crippen molar-refractivity contribution in [3.05, 3.63) is 53.6 Å². The van der Waals surface area contributed by atoms with E-state index in [0.717, 1.165) is 19.1 Å². The quantitative estimate of drug-likeness (QED) is 0.0527. The summed E-state index contributed by atoms with van der Waals surface area (Å²) in [6, 6.07) is 7.68. The molecule has 0 aromatic heterocycles. The summed E-state index contributed by atoms with van der Waals surface area (Å²) in [4.78, 5) is 25.5. The lowest BCUT2D eigenvalue weighted by molar-refractivity contribution is -0.390. The van der Waals surface area contributed by atoms with Gasteiger partial charge in [-0.3, -0.25) is 4.79 Å². The fraction of sp³-hybridized carbons (Fsp3) is 0.568. The van der Waals surface area contributed by atoms with Crippen LogP contribution in [0.5, 0.6) is 23.0 Å². The molecule has 58 heavy (non-hydrogen) atoms. The summed E-state index contributed by atoms with van der Waals surface area (Å²) in [5, 5.41) is 113. The molecule has 0 radical (unpaired) electrons. The zero-order chi connectivity index (χ0) is 42.4. The summed E-state index contributed by atoms with van der Waals surface area (Å²) in [7, 11) is 0. The van der Waals surface area contributed by atoms with Crippen molar-refractivity contribution in [2.45, 2.75) is 112 Å². The predicted molar refractivity (Wildman–Crippen MR) is 189 cm³/mol. The molecule has 3 fully saturated rings. The van der Waals surface area contributed by atoms with Crippen LogP contribution in [-0.4, -0.2) is 180 Å². The van der Waals surface area contributed by atoms with Gasteiger partial charge in [-0.05, 0) is 54.8 Å². The Morgan fingerprint density at radius 2 is 1.29 bits per heavy atom. The van der Waals surface area contributed by atoms with Gasteiger partial charge in [-0.15, -0.1) is 0 Å². The molecule has 5 rings (SSSR count). The summed E-state index contributed by atoms with van der Waals surface area (Å²) in [5.74, 6) is -3.60. The Hall–Kier alpha value is -4.20. The monoisotopic (exact) mass is 828 g/mol. The lowest BCUT2D eigenvalue weighted by atomic mass is 9.96. The van der Waals surface area contributed by atoms with Crippen molar-refractivity contribution in [3.8, 4) is 23.0 Å². The lowest BCUT2D eigenvalue weighted by Gasteiger charge is -2.49. The number of esters is 2. The summed E-state index contributed by atoms with van der Waals surface area (Å²) in [6.07, 6.45) is -23.7. The summed E-state index contributed by atoms with van der Waals surface area (Å²) < 4.78 is 46.9. The Labute approximate surface area is 330 Å². The second-order valence-corrected chi connectivity index (χ2v) is 13.9.